The Balaban J connectivity index is 2.84. The first kappa shape index (κ1) is 13.1. The van der Waals surface area contributed by atoms with E-state index in [0.717, 1.165) is 0 Å². The predicted molar refractivity (Wildman–Crippen MR) is 65.7 cm³/mol. The topological polar surface area (TPSA) is 68.6 Å². The third-order valence-corrected chi connectivity index (χ3v) is 2.56. The molecule has 5 nitrogen and oxygen atoms in total. The summed E-state index contributed by atoms with van der Waals surface area (Å²) in [6.07, 6.45) is 1.31. The van der Waals surface area contributed by atoms with E-state index in [2.05, 4.69) is 46.3 Å². The molecule has 17 heavy (non-hydrogen) atoms. The fourth-order valence-electron chi connectivity index (χ4n) is 0.927. The molecule has 6 heteroatoms. The molecule has 0 atom stereocenters. The maximum atomic E-state index is 11.1. The van der Waals surface area contributed by atoms with Gasteiger partial charge in [-0.3, -0.25) is 4.84 Å². The van der Waals surface area contributed by atoms with E-state index in [1.165, 1.54) is 12.3 Å². The summed E-state index contributed by atoms with van der Waals surface area (Å²) >= 11 is 0. The molecule has 0 saturated heterocycles. The molecule has 0 spiro atoms. The maximum Gasteiger partial charge on any atom is 0.370 e. The van der Waals surface area contributed by atoms with E-state index in [4.69, 9.17) is 0 Å². The Kier molecular flexibility index (Phi) is 4.12. The van der Waals surface area contributed by atoms with Gasteiger partial charge >= 0.3 is 5.97 Å². The lowest BCUT2D eigenvalue weighted by atomic mass is 10.2. The van der Waals surface area contributed by atoms with E-state index in [-0.39, 0.29) is 5.56 Å². The van der Waals surface area contributed by atoms with Crippen LogP contribution in [0.3, 0.4) is 0 Å². The highest BCUT2D eigenvalue weighted by molar-refractivity contribution is 6.83. The molecule has 0 amide bonds. The molecule has 1 heterocycles. The van der Waals surface area contributed by atoms with Crippen LogP contribution >= 0.6 is 0 Å². The highest BCUT2D eigenvalue weighted by Crippen LogP contribution is 2.03. The second-order valence-electron chi connectivity index (χ2n) is 4.39. The monoisotopic (exact) mass is 248 g/mol. The zero-order chi connectivity index (χ0) is 12.9. The third kappa shape index (κ3) is 4.57. The van der Waals surface area contributed by atoms with Crippen LogP contribution in [-0.2, 0) is 4.84 Å². The van der Waals surface area contributed by atoms with Crippen LogP contribution in [0.25, 0.3) is 0 Å². The number of hydrogen-bond acceptors (Lipinski definition) is 5. The van der Waals surface area contributed by atoms with Gasteiger partial charge in [0.15, 0.2) is 5.34 Å². The second kappa shape index (κ2) is 5.36. The van der Waals surface area contributed by atoms with Crippen molar-refractivity contribution in [3.63, 3.8) is 0 Å². The molecule has 1 rings (SSSR count). The fraction of sp³-hybridized carbons (Fsp3) is 0.273. The van der Waals surface area contributed by atoms with Crippen molar-refractivity contribution in [1.82, 2.24) is 4.98 Å². The second-order valence-corrected chi connectivity index (χ2v) is 9.14. The van der Waals surface area contributed by atoms with E-state index in [1.807, 2.05) is 0 Å². The molecule has 0 unspecified atom stereocenters. The summed E-state index contributed by atoms with van der Waals surface area (Å²) in [4.78, 5) is 28.8. The average molecular weight is 248 g/mol. The third-order valence-electron chi connectivity index (χ3n) is 1.68. The molecule has 0 bridgehead atoms. The quantitative estimate of drug-likeness (QED) is 0.348. The van der Waals surface area contributed by atoms with E-state index >= 15 is 0 Å². The number of carbonyl (C=O) groups is 1. The Bertz CT molecular complexity index is 480. The summed E-state index contributed by atoms with van der Waals surface area (Å²) in [5, 5.41) is 2.05. The van der Waals surface area contributed by atoms with Crippen LogP contribution in [0, 0.1) is 16.4 Å². The van der Waals surface area contributed by atoms with E-state index in [9.17, 15) is 9.70 Å². The first-order chi connectivity index (χ1) is 7.92. The van der Waals surface area contributed by atoms with Crippen LogP contribution in [0.15, 0.2) is 23.7 Å². The number of nitrogens with zero attached hydrogens (tertiary/aromatic N) is 2. The normalized spacial score (nSPS) is 10.1. The minimum Gasteiger partial charge on any atom is -0.279 e. The van der Waals surface area contributed by atoms with Crippen LogP contribution in [0.5, 0.6) is 0 Å². The van der Waals surface area contributed by atoms with Gasteiger partial charge in [-0.15, -0.1) is 10.5 Å². The Morgan fingerprint density at radius 2 is 2.12 bits per heavy atom. The SMILES string of the molecule is C[Si](C)(C)C#Cc1ccc(C(=O)ON=O)cn1. The van der Waals surface area contributed by atoms with Crippen LogP contribution in [0.1, 0.15) is 16.1 Å². The molecular formula is C11H12N2O3Si. The average Bonchev–Trinajstić information content (AvgIpc) is 2.26. The van der Waals surface area contributed by atoms with Gasteiger partial charge in [0.05, 0.1) is 5.56 Å². The highest BCUT2D eigenvalue weighted by atomic mass is 28.3. The lowest BCUT2D eigenvalue weighted by molar-refractivity contribution is 0.0508. The summed E-state index contributed by atoms with van der Waals surface area (Å²) in [7, 11) is -1.44. The van der Waals surface area contributed by atoms with E-state index in [1.54, 1.807) is 6.07 Å². The minimum atomic E-state index is -1.44. The van der Waals surface area contributed by atoms with Crippen molar-refractivity contribution >= 4 is 14.0 Å². The molecule has 0 N–H and O–H groups in total. The van der Waals surface area contributed by atoms with Crippen molar-refractivity contribution in [3.8, 4) is 11.5 Å². The molecule has 1 aromatic rings. The molecule has 0 aliphatic heterocycles. The first-order valence-electron chi connectivity index (χ1n) is 4.95. The van der Waals surface area contributed by atoms with Crippen LogP contribution in [-0.4, -0.2) is 19.0 Å². The summed E-state index contributed by atoms with van der Waals surface area (Å²) in [6, 6.07) is 3.10. The molecule has 0 radical (unpaired) electrons. The number of pyridine rings is 1. The van der Waals surface area contributed by atoms with Crippen LogP contribution in [0.4, 0.5) is 0 Å². The molecule has 88 valence electrons. The Morgan fingerprint density at radius 3 is 2.59 bits per heavy atom. The molecule has 0 aromatic carbocycles. The zero-order valence-corrected chi connectivity index (χ0v) is 10.9. The molecular weight excluding hydrogens is 236 g/mol. The van der Waals surface area contributed by atoms with E-state index < -0.39 is 14.0 Å². The lowest BCUT2D eigenvalue weighted by Gasteiger charge is -2.03. The van der Waals surface area contributed by atoms with Crippen molar-refractivity contribution in [2.75, 3.05) is 0 Å². The number of hydrogen-bond donors (Lipinski definition) is 0. The fourth-order valence-corrected chi connectivity index (χ4v) is 1.43. The van der Waals surface area contributed by atoms with Gasteiger partial charge in [0.1, 0.15) is 13.8 Å². The smallest absolute Gasteiger partial charge is 0.279 e. The molecule has 0 saturated carbocycles. The Hall–Kier alpha value is -2.00. The lowest BCUT2D eigenvalue weighted by Crippen LogP contribution is -2.16. The molecule has 1 aromatic heterocycles. The van der Waals surface area contributed by atoms with E-state index in [0.29, 0.717) is 5.69 Å². The summed E-state index contributed by atoms with van der Waals surface area (Å²) in [6.45, 7) is 6.38. The van der Waals surface area contributed by atoms with Crippen molar-refractivity contribution in [3.05, 3.63) is 34.5 Å². The molecule has 0 fully saturated rings. The van der Waals surface area contributed by atoms with Gasteiger partial charge in [-0.25, -0.2) is 9.78 Å². The van der Waals surface area contributed by atoms with Gasteiger partial charge in [0, 0.05) is 6.20 Å². The zero-order valence-electron chi connectivity index (χ0n) is 9.85. The van der Waals surface area contributed by atoms with Crippen molar-refractivity contribution in [2.45, 2.75) is 19.6 Å². The van der Waals surface area contributed by atoms with Crippen molar-refractivity contribution in [1.29, 1.82) is 0 Å². The minimum absolute atomic E-state index is 0.170. The van der Waals surface area contributed by atoms with Crippen molar-refractivity contribution in [2.24, 2.45) is 5.34 Å². The van der Waals surface area contributed by atoms with Gasteiger partial charge in [0.25, 0.3) is 0 Å². The van der Waals surface area contributed by atoms with Crippen LogP contribution < -0.4 is 0 Å². The van der Waals surface area contributed by atoms with Gasteiger partial charge in [0.2, 0.25) is 0 Å². The largest absolute Gasteiger partial charge is 0.370 e. The number of rotatable bonds is 2. The standard InChI is InChI=1S/C11H12N2O3Si/c1-17(2,3)7-6-10-5-4-9(8-12-10)11(14)16-13-15/h4-5,8H,1-3H3. The molecule has 0 aliphatic carbocycles. The molecule has 0 aliphatic rings. The Labute approximate surface area is 100 Å². The summed E-state index contributed by atoms with van der Waals surface area (Å²) in [5.41, 5.74) is 3.91. The van der Waals surface area contributed by atoms with Gasteiger partial charge in [-0.1, -0.05) is 25.6 Å². The van der Waals surface area contributed by atoms with Gasteiger partial charge < -0.3 is 0 Å². The first-order valence-corrected chi connectivity index (χ1v) is 8.45. The van der Waals surface area contributed by atoms with Crippen molar-refractivity contribution < 1.29 is 9.63 Å². The number of carbonyl (C=O) groups excluding carboxylic acids is 1. The van der Waals surface area contributed by atoms with Gasteiger partial charge in [-0.2, -0.15) is 0 Å². The summed E-state index contributed by atoms with van der Waals surface area (Å²) < 4.78 is 0. The predicted octanol–water partition coefficient (Wildman–Crippen LogP) is 2.15. The maximum absolute atomic E-state index is 11.1. The van der Waals surface area contributed by atoms with Gasteiger partial charge in [-0.05, 0) is 12.1 Å². The Morgan fingerprint density at radius 1 is 1.41 bits per heavy atom. The van der Waals surface area contributed by atoms with Crippen LogP contribution in [0.2, 0.25) is 19.6 Å². The number of aromatic nitrogens is 1. The summed E-state index contributed by atoms with van der Waals surface area (Å²) in [5.74, 6) is 2.12. The highest BCUT2D eigenvalue weighted by Gasteiger charge is 2.09.